The molecule has 4 rings (SSSR count). The number of Topliss-reactive ketones (excluding diaryl/α,β-unsaturated/α-hetero) is 1. The molecule has 2 aromatic rings. The maximum atomic E-state index is 13.2. The lowest BCUT2D eigenvalue weighted by atomic mass is 9.70. The molecule has 0 saturated carbocycles. The van der Waals surface area contributed by atoms with Gasteiger partial charge in [-0.15, -0.1) is 0 Å². The van der Waals surface area contributed by atoms with Crippen molar-refractivity contribution in [2.75, 3.05) is 0 Å². The number of halogens is 1. The Bertz CT molecular complexity index is 1160. The van der Waals surface area contributed by atoms with Crippen LogP contribution in [-0.4, -0.2) is 5.78 Å². The Morgan fingerprint density at radius 3 is 2.65 bits per heavy atom. The van der Waals surface area contributed by atoms with Crippen molar-refractivity contribution in [1.29, 1.82) is 5.26 Å². The average molecular weight is 435 g/mol. The summed E-state index contributed by atoms with van der Waals surface area (Å²) in [6, 6.07) is 17.0. The largest absolute Gasteiger partial charge is 0.489 e. The smallest absolute Gasteiger partial charge is 0.205 e. The number of nitrogens with two attached hydrogens (primary N) is 1. The molecule has 6 heteroatoms. The van der Waals surface area contributed by atoms with E-state index < -0.39 is 5.92 Å². The van der Waals surface area contributed by atoms with Crippen molar-refractivity contribution in [2.45, 2.75) is 39.2 Å². The van der Waals surface area contributed by atoms with Gasteiger partial charge in [-0.1, -0.05) is 61.8 Å². The van der Waals surface area contributed by atoms with Gasteiger partial charge < -0.3 is 15.2 Å². The van der Waals surface area contributed by atoms with Crippen LogP contribution in [0, 0.1) is 16.7 Å². The highest BCUT2D eigenvalue weighted by Gasteiger charge is 2.43. The minimum Gasteiger partial charge on any atom is -0.489 e. The Morgan fingerprint density at radius 1 is 1.19 bits per heavy atom. The molecular weight excluding hydrogens is 412 g/mol. The Hall–Kier alpha value is -3.23. The van der Waals surface area contributed by atoms with Crippen LogP contribution < -0.4 is 10.5 Å². The van der Waals surface area contributed by atoms with Gasteiger partial charge in [0, 0.05) is 34.6 Å². The van der Waals surface area contributed by atoms with Crippen LogP contribution in [0.4, 0.5) is 0 Å². The number of nitriles is 1. The minimum absolute atomic E-state index is 0.0302. The first-order chi connectivity index (χ1) is 14.8. The number of ketones is 1. The summed E-state index contributed by atoms with van der Waals surface area (Å²) in [7, 11) is 0. The van der Waals surface area contributed by atoms with Gasteiger partial charge in [0.2, 0.25) is 5.88 Å². The molecule has 0 spiro atoms. The predicted octanol–water partition coefficient (Wildman–Crippen LogP) is 5.37. The van der Waals surface area contributed by atoms with Crippen LogP contribution in [0.1, 0.15) is 43.7 Å². The molecule has 1 unspecified atom stereocenters. The van der Waals surface area contributed by atoms with Gasteiger partial charge in [-0.25, -0.2) is 0 Å². The quantitative estimate of drug-likeness (QED) is 0.699. The molecule has 31 heavy (non-hydrogen) atoms. The third kappa shape index (κ3) is 4.04. The SMILES string of the molecule is CC1(C)CC(=O)C2=C(C1)OC(N)=C(C#N)C2c1ccccc1OCc1ccccc1Cl. The lowest BCUT2D eigenvalue weighted by Crippen LogP contribution is -2.33. The van der Waals surface area contributed by atoms with E-state index >= 15 is 0 Å². The van der Waals surface area contributed by atoms with Crippen molar-refractivity contribution < 1.29 is 14.3 Å². The van der Waals surface area contributed by atoms with Crippen molar-refractivity contribution >= 4 is 17.4 Å². The molecule has 1 heterocycles. The number of carbonyl (C=O) groups excluding carboxylic acids is 1. The van der Waals surface area contributed by atoms with E-state index in [2.05, 4.69) is 6.07 Å². The summed E-state index contributed by atoms with van der Waals surface area (Å²) in [6.07, 6.45) is 0.958. The lowest BCUT2D eigenvalue weighted by molar-refractivity contribution is -0.119. The highest BCUT2D eigenvalue weighted by molar-refractivity contribution is 6.31. The molecule has 1 atom stereocenters. The van der Waals surface area contributed by atoms with Crippen LogP contribution in [0.2, 0.25) is 5.02 Å². The second-order valence-electron chi connectivity index (χ2n) is 8.62. The number of benzene rings is 2. The summed E-state index contributed by atoms with van der Waals surface area (Å²) < 4.78 is 11.9. The fraction of sp³-hybridized carbons (Fsp3) is 0.280. The van der Waals surface area contributed by atoms with E-state index in [1.165, 1.54) is 0 Å². The minimum atomic E-state index is -0.625. The molecule has 1 aliphatic heterocycles. The fourth-order valence-corrected chi connectivity index (χ4v) is 4.41. The van der Waals surface area contributed by atoms with E-state index in [0.717, 1.165) is 5.56 Å². The van der Waals surface area contributed by atoms with Crippen molar-refractivity contribution in [1.82, 2.24) is 0 Å². The maximum absolute atomic E-state index is 13.2. The third-order valence-electron chi connectivity index (χ3n) is 5.65. The van der Waals surface area contributed by atoms with Gasteiger partial charge in [0.05, 0.1) is 5.92 Å². The van der Waals surface area contributed by atoms with Crippen molar-refractivity contribution in [3.63, 3.8) is 0 Å². The van der Waals surface area contributed by atoms with Crippen LogP contribution >= 0.6 is 11.6 Å². The Labute approximate surface area is 186 Å². The van der Waals surface area contributed by atoms with Crippen LogP contribution in [0.25, 0.3) is 0 Å². The topological polar surface area (TPSA) is 85.3 Å². The molecule has 2 aliphatic rings. The Balaban J connectivity index is 1.77. The molecule has 0 saturated heterocycles. The zero-order valence-corrected chi connectivity index (χ0v) is 18.2. The van der Waals surface area contributed by atoms with Crippen molar-refractivity contribution in [3.05, 3.63) is 87.5 Å². The van der Waals surface area contributed by atoms with Crippen LogP contribution in [-0.2, 0) is 16.1 Å². The number of hydrogen-bond donors (Lipinski definition) is 1. The molecule has 0 aromatic heterocycles. The predicted molar refractivity (Wildman–Crippen MR) is 118 cm³/mol. The molecule has 2 N–H and O–H groups in total. The summed E-state index contributed by atoms with van der Waals surface area (Å²) >= 11 is 6.26. The van der Waals surface area contributed by atoms with Crippen LogP contribution in [0.15, 0.2) is 71.3 Å². The van der Waals surface area contributed by atoms with Gasteiger partial charge in [-0.3, -0.25) is 4.79 Å². The van der Waals surface area contributed by atoms with Gasteiger partial charge in [0.15, 0.2) is 5.78 Å². The highest BCUT2D eigenvalue weighted by atomic mass is 35.5. The number of rotatable bonds is 4. The van der Waals surface area contributed by atoms with Crippen LogP contribution in [0.3, 0.4) is 0 Å². The molecule has 0 fully saturated rings. The zero-order valence-electron chi connectivity index (χ0n) is 17.4. The number of para-hydroxylation sites is 1. The van der Waals surface area contributed by atoms with E-state index in [9.17, 15) is 10.1 Å². The third-order valence-corrected chi connectivity index (χ3v) is 6.02. The van der Waals surface area contributed by atoms with E-state index in [4.69, 9.17) is 26.8 Å². The molecule has 5 nitrogen and oxygen atoms in total. The monoisotopic (exact) mass is 434 g/mol. The van der Waals surface area contributed by atoms with E-state index in [1.54, 1.807) is 6.07 Å². The summed E-state index contributed by atoms with van der Waals surface area (Å²) in [6.45, 7) is 4.30. The molecule has 158 valence electrons. The summed E-state index contributed by atoms with van der Waals surface area (Å²) in [5, 5.41) is 10.5. The van der Waals surface area contributed by atoms with Gasteiger partial charge in [0.1, 0.15) is 29.8 Å². The van der Waals surface area contributed by atoms with Crippen molar-refractivity contribution in [3.8, 4) is 11.8 Å². The standard InChI is InChI=1S/C25H23ClN2O3/c1-25(2)11-19(29)23-21(12-25)31-24(28)17(13-27)22(23)16-8-4-6-10-20(16)30-14-15-7-3-5-9-18(15)26/h3-10,22H,11-12,14,28H2,1-2H3. The van der Waals surface area contributed by atoms with Crippen LogP contribution in [0.5, 0.6) is 5.75 Å². The molecule has 0 bridgehead atoms. The normalized spacial score (nSPS) is 20.1. The first-order valence-electron chi connectivity index (χ1n) is 10.1. The fourth-order valence-electron chi connectivity index (χ4n) is 4.22. The summed E-state index contributed by atoms with van der Waals surface area (Å²) in [4.78, 5) is 13.2. The lowest BCUT2D eigenvalue weighted by Gasteiger charge is -2.37. The first-order valence-corrected chi connectivity index (χ1v) is 10.5. The number of carbonyl (C=O) groups is 1. The molecule has 1 aliphatic carbocycles. The molecule has 2 aromatic carbocycles. The van der Waals surface area contributed by atoms with Gasteiger partial charge in [-0.05, 0) is 17.5 Å². The van der Waals surface area contributed by atoms with Gasteiger partial charge >= 0.3 is 0 Å². The summed E-state index contributed by atoms with van der Waals surface area (Å²) in [5.74, 6) is 0.498. The maximum Gasteiger partial charge on any atom is 0.205 e. The summed E-state index contributed by atoms with van der Waals surface area (Å²) in [5.41, 5.74) is 8.17. The number of ether oxygens (including phenoxy) is 2. The highest BCUT2D eigenvalue weighted by Crippen LogP contribution is 2.49. The molecule has 0 amide bonds. The average Bonchev–Trinajstić information content (AvgIpc) is 2.71. The second kappa shape index (κ2) is 8.13. The van der Waals surface area contributed by atoms with Gasteiger partial charge in [0.25, 0.3) is 0 Å². The number of nitrogens with zero attached hydrogens (tertiary/aromatic N) is 1. The molecular formula is C25H23ClN2O3. The Kier molecular flexibility index (Phi) is 5.51. The Morgan fingerprint density at radius 2 is 1.90 bits per heavy atom. The number of allylic oxidation sites excluding steroid dienone is 3. The van der Waals surface area contributed by atoms with E-state index in [-0.39, 0.29) is 29.3 Å². The van der Waals surface area contributed by atoms with Crippen molar-refractivity contribution in [2.24, 2.45) is 11.1 Å². The zero-order chi connectivity index (χ0) is 22.2. The van der Waals surface area contributed by atoms with E-state index in [1.807, 2.05) is 56.3 Å². The van der Waals surface area contributed by atoms with E-state index in [0.29, 0.717) is 40.5 Å². The molecule has 0 radical (unpaired) electrons. The number of hydrogen-bond acceptors (Lipinski definition) is 5. The first kappa shape index (κ1) is 21.0. The second-order valence-corrected chi connectivity index (χ2v) is 9.03. The van der Waals surface area contributed by atoms with Gasteiger partial charge in [-0.2, -0.15) is 5.26 Å².